The number of amides is 1. The Morgan fingerprint density at radius 2 is 1.72 bits per heavy atom. The van der Waals surface area contributed by atoms with Gasteiger partial charge in [-0.05, 0) is 38.9 Å². The summed E-state index contributed by atoms with van der Waals surface area (Å²) >= 11 is 0. The Morgan fingerprint density at radius 1 is 1.20 bits per heavy atom. The van der Waals surface area contributed by atoms with Crippen LogP contribution in [0.3, 0.4) is 0 Å². The van der Waals surface area contributed by atoms with Crippen LogP contribution in [0, 0.1) is 0 Å². The predicted octanol–water partition coefficient (Wildman–Crippen LogP) is 5.46. The fourth-order valence-corrected chi connectivity index (χ4v) is 3.09. The van der Waals surface area contributed by atoms with Crippen molar-refractivity contribution in [2.45, 2.75) is 83.9 Å². The van der Waals surface area contributed by atoms with Crippen molar-refractivity contribution < 1.29 is 27.1 Å². The van der Waals surface area contributed by atoms with E-state index in [9.17, 15) is 18.0 Å². The number of halogens is 3. The quantitative estimate of drug-likeness (QED) is 0.609. The van der Waals surface area contributed by atoms with Crippen LogP contribution < -0.4 is 0 Å². The Labute approximate surface area is 149 Å². The van der Waals surface area contributed by atoms with Crippen LogP contribution in [0.25, 0.3) is 0 Å². The molecule has 8 heteroatoms. The summed E-state index contributed by atoms with van der Waals surface area (Å²) in [5.74, 6) is 0. The lowest BCUT2D eigenvalue weighted by molar-refractivity contribution is -0.0935. The van der Waals surface area contributed by atoms with E-state index < -0.39 is 37.8 Å². The van der Waals surface area contributed by atoms with Crippen LogP contribution in [0.2, 0.25) is 18.1 Å². The van der Waals surface area contributed by atoms with Crippen LogP contribution in [0.15, 0.2) is 11.8 Å². The maximum absolute atomic E-state index is 13.1. The zero-order valence-corrected chi connectivity index (χ0v) is 17.4. The number of carbonyl (C=O) groups excluding carboxylic acids is 1. The second kappa shape index (κ2) is 6.94. The first kappa shape index (κ1) is 22.0. The van der Waals surface area contributed by atoms with Gasteiger partial charge in [0.1, 0.15) is 5.60 Å². The second-order valence-corrected chi connectivity index (χ2v) is 13.8. The Hall–Kier alpha value is -1.02. The van der Waals surface area contributed by atoms with Gasteiger partial charge in [0.05, 0.1) is 18.2 Å². The second-order valence-electron chi connectivity index (χ2n) is 8.97. The number of rotatable bonds is 3. The van der Waals surface area contributed by atoms with E-state index in [1.54, 1.807) is 20.8 Å². The molecule has 146 valence electrons. The van der Waals surface area contributed by atoms with Gasteiger partial charge >= 0.3 is 12.3 Å². The van der Waals surface area contributed by atoms with E-state index in [0.717, 1.165) is 11.1 Å². The standard InChI is InChI=1S/C17H30F3NO3Si/c1-15(2,3)24-14(22)21-10-12(17(18,19)20)9-13(21)11-23-25(7,8)16(4,5)6/h10,13H,9,11H2,1-8H3/t13-/m1/s1. The summed E-state index contributed by atoms with van der Waals surface area (Å²) in [6, 6.07) is -0.708. The molecule has 1 atom stereocenters. The molecule has 1 aliphatic heterocycles. The van der Waals surface area contributed by atoms with Crippen LogP contribution >= 0.6 is 0 Å². The average molecular weight is 382 g/mol. The third-order valence-corrected chi connectivity index (χ3v) is 9.06. The monoisotopic (exact) mass is 381 g/mol. The normalized spacial score (nSPS) is 19.9. The molecule has 0 N–H and O–H groups in total. The molecule has 0 aromatic carbocycles. The van der Waals surface area contributed by atoms with E-state index in [4.69, 9.17) is 9.16 Å². The van der Waals surface area contributed by atoms with Gasteiger partial charge in [0.15, 0.2) is 8.32 Å². The van der Waals surface area contributed by atoms with Crippen molar-refractivity contribution in [3.63, 3.8) is 0 Å². The number of ether oxygens (including phenoxy) is 1. The first-order chi connectivity index (χ1) is 10.9. The van der Waals surface area contributed by atoms with E-state index in [-0.39, 0.29) is 18.1 Å². The van der Waals surface area contributed by atoms with Crippen molar-refractivity contribution in [1.82, 2.24) is 4.90 Å². The summed E-state index contributed by atoms with van der Waals surface area (Å²) in [7, 11) is -2.13. The minimum atomic E-state index is -4.47. The molecule has 1 heterocycles. The topological polar surface area (TPSA) is 38.8 Å². The van der Waals surface area contributed by atoms with E-state index in [0.29, 0.717) is 0 Å². The molecule has 0 unspecified atom stereocenters. The molecule has 0 saturated heterocycles. The smallest absolute Gasteiger partial charge is 0.414 e. The van der Waals surface area contributed by atoms with Gasteiger partial charge in [0.25, 0.3) is 0 Å². The molecule has 1 aliphatic rings. The number of hydrogen-bond donors (Lipinski definition) is 0. The van der Waals surface area contributed by atoms with E-state index >= 15 is 0 Å². The molecule has 0 bridgehead atoms. The number of hydrogen-bond acceptors (Lipinski definition) is 3. The lowest BCUT2D eigenvalue weighted by Crippen LogP contribution is -2.46. The fraction of sp³-hybridized carbons (Fsp3) is 0.824. The molecule has 0 radical (unpaired) electrons. The summed E-state index contributed by atoms with van der Waals surface area (Å²) in [5.41, 5.74) is -1.52. The highest BCUT2D eigenvalue weighted by Crippen LogP contribution is 2.39. The maximum atomic E-state index is 13.1. The van der Waals surface area contributed by atoms with E-state index in [2.05, 4.69) is 20.8 Å². The number of nitrogens with zero attached hydrogens (tertiary/aromatic N) is 1. The largest absolute Gasteiger partial charge is 0.443 e. The highest BCUT2D eigenvalue weighted by molar-refractivity contribution is 6.74. The zero-order valence-electron chi connectivity index (χ0n) is 16.4. The fourth-order valence-electron chi connectivity index (χ4n) is 2.04. The highest BCUT2D eigenvalue weighted by atomic mass is 28.4. The molecular weight excluding hydrogens is 351 g/mol. The highest BCUT2D eigenvalue weighted by Gasteiger charge is 2.45. The van der Waals surface area contributed by atoms with Crippen LogP contribution in [0.5, 0.6) is 0 Å². The lowest BCUT2D eigenvalue weighted by atomic mass is 10.1. The Bertz CT molecular complexity index is 531. The summed E-state index contributed by atoms with van der Waals surface area (Å²) < 4.78 is 50.6. The van der Waals surface area contributed by atoms with Gasteiger partial charge in [-0.15, -0.1) is 0 Å². The first-order valence-corrected chi connectivity index (χ1v) is 11.3. The molecule has 1 amide bonds. The van der Waals surface area contributed by atoms with Crippen LogP contribution in [0.1, 0.15) is 48.0 Å². The van der Waals surface area contributed by atoms with Crippen LogP contribution in [-0.2, 0) is 9.16 Å². The molecular formula is C17H30F3NO3Si. The molecule has 1 rings (SSSR count). The molecule has 0 aliphatic carbocycles. The molecule has 4 nitrogen and oxygen atoms in total. The van der Waals surface area contributed by atoms with E-state index in [1.165, 1.54) is 0 Å². The zero-order chi connectivity index (χ0) is 19.8. The van der Waals surface area contributed by atoms with Gasteiger partial charge in [-0.25, -0.2) is 4.79 Å². The maximum Gasteiger partial charge on any atom is 0.414 e. The van der Waals surface area contributed by atoms with Crippen molar-refractivity contribution >= 4 is 14.4 Å². The molecule has 0 aromatic heterocycles. The Kier molecular flexibility index (Phi) is 6.12. The van der Waals surface area contributed by atoms with Crippen molar-refractivity contribution in [3.8, 4) is 0 Å². The molecule has 0 aromatic rings. The molecule has 0 fully saturated rings. The van der Waals surface area contributed by atoms with E-state index in [1.807, 2.05) is 13.1 Å². The molecule has 0 saturated carbocycles. The molecule has 0 spiro atoms. The van der Waals surface area contributed by atoms with Crippen molar-refractivity contribution in [1.29, 1.82) is 0 Å². The summed E-state index contributed by atoms with van der Waals surface area (Å²) in [6.07, 6.45) is -4.67. The Balaban J connectivity index is 2.95. The number of carbonyl (C=O) groups is 1. The summed E-state index contributed by atoms with van der Waals surface area (Å²) in [6.45, 7) is 15.3. The lowest BCUT2D eigenvalue weighted by Gasteiger charge is -2.38. The van der Waals surface area contributed by atoms with Gasteiger partial charge in [-0.2, -0.15) is 13.2 Å². The summed E-state index contributed by atoms with van der Waals surface area (Å²) in [5, 5.41) is -0.0668. The van der Waals surface area contributed by atoms with Gasteiger partial charge in [-0.1, -0.05) is 20.8 Å². The third-order valence-electron chi connectivity index (χ3n) is 4.56. The van der Waals surface area contributed by atoms with Crippen LogP contribution in [-0.4, -0.2) is 43.7 Å². The third kappa shape index (κ3) is 6.02. The summed E-state index contributed by atoms with van der Waals surface area (Å²) in [4.78, 5) is 13.3. The number of alkyl halides is 3. The Morgan fingerprint density at radius 3 is 2.12 bits per heavy atom. The van der Waals surface area contributed by atoms with Crippen molar-refractivity contribution in [2.75, 3.05) is 6.61 Å². The minimum Gasteiger partial charge on any atom is -0.443 e. The van der Waals surface area contributed by atoms with Crippen molar-refractivity contribution in [2.24, 2.45) is 0 Å². The van der Waals surface area contributed by atoms with Gasteiger partial charge in [0, 0.05) is 12.6 Å². The van der Waals surface area contributed by atoms with Crippen molar-refractivity contribution in [3.05, 3.63) is 11.8 Å². The van der Waals surface area contributed by atoms with Gasteiger partial charge < -0.3 is 9.16 Å². The predicted molar refractivity (Wildman–Crippen MR) is 93.8 cm³/mol. The molecule has 25 heavy (non-hydrogen) atoms. The van der Waals surface area contributed by atoms with Gasteiger partial charge in [-0.3, -0.25) is 4.90 Å². The average Bonchev–Trinajstić information content (AvgIpc) is 2.76. The minimum absolute atomic E-state index is 0.0613. The first-order valence-electron chi connectivity index (χ1n) is 8.37. The van der Waals surface area contributed by atoms with Gasteiger partial charge in [0.2, 0.25) is 0 Å². The SMILES string of the molecule is CC(C)(C)OC(=O)N1C=C(C(F)(F)F)C[C@@H]1CO[Si](C)(C)C(C)(C)C. The van der Waals surface area contributed by atoms with Crippen LogP contribution in [0.4, 0.5) is 18.0 Å².